The number of allylic oxidation sites excluding steroid dienone is 2. The van der Waals surface area contributed by atoms with E-state index in [9.17, 15) is 9.59 Å². The number of thioether (sulfide) groups is 1. The number of imidazole rings is 1. The first-order chi connectivity index (χ1) is 13.0. The van der Waals surface area contributed by atoms with Crippen molar-refractivity contribution >= 4 is 34.5 Å². The quantitative estimate of drug-likeness (QED) is 0.484. The summed E-state index contributed by atoms with van der Waals surface area (Å²) in [5.74, 6) is 0.855. The van der Waals surface area contributed by atoms with E-state index in [1.54, 1.807) is 25.7 Å². The summed E-state index contributed by atoms with van der Waals surface area (Å²) >= 11 is 7.55. The third-order valence-electron chi connectivity index (χ3n) is 4.21. The van der Waals surface area contributed by atoms with Crippen LogP contribution in [0.15, 0.2) is 56.2 Å². The van der Waals surface area contributed by atoms with Crippen LogP contribution < -0.4 is 11.2 Å². The van der Waals surface area contributed by atoms with E-state index in [-0.39, 0.29) is 0 Å². The highest BCUT2D eigenvalue weighted by atomic mass is 35.5. The molecule has 0 spiro atoms. The SMILES string of the molecule is CC(Cl)=CCn1c(SCCCc2ccccc2)nc2c1c(=O)[nH]c(=O)n2C. The molecule has 0 aliphatic heterocycles. The van der Waals surface area contributed by atoms with Gasteiger partial charge >= 0.3 is 5.69 Å². The molecular formula is C19H21ClN4O2S. The number of rotatable bonds is 7. The molecule has 2 aromatic heterocycles. The topological polar surface area (TPSA) is 72.7 Å². The second-order valence-corrected chi connectivity index (χ2v) is 7.88. The summed E-state index contributed by atoms with van der Waals surface area (Å²) in [4.78, 5) is 31.1. The first-order valence-corrected chi connectivity index (χ1v) is 10.0. The molecule has 0 radical (unpaired) electrons. The second-order valence-electron chi connectivity index (χ2n) is 6.22. The number of aromatic amines is 1. The molecule has 0 aliphatic carbocycles. The van der Waals surface area contributed by atoms with Gasteiger partial charge in [0.25, 0.3) is 5.56 Å². The van der Waals surface area contributed by atoms with Crippen molar-refractivity contribution in [2.75, 3.05) is 5.75 Å². The van der Waals surface area contributed by atoms with E-state index >= 15 is 0 Å². The van der Waals surface area contributed by atoms with Gasteiger partial charge in [-0.15, -0.1) is 0 Å². The maximum atomic E-state index is 12.4. The molecule has 0 unspecified atom stereocenters. The van der Waals surface area contributed by atoms with Crippen molar-refractivity contribution in [3.63, 3.8) is 0 Å². The smallest absolute Gasteiger partial charge is 0.309 e. The molecule has 1 aromatic carbocycles. The number of H-pyrrole nitrogens is 1. The average Bonchev–Trinajstić information content (AvgIpc) is 3.01. The van der Waals surface area contributed by atoms with Crippen LogP contribution in [0.25, 0.3) is 11.2 Å². The summed E-state index contributed by atoms with van der Waals surface area (Å²) < 4.78 is 3.17. The lowest BCUT2D eigenvalue weighted by Crippen LogP contribution is -2.29. The highest BCUT2D eigenvalue weighted by molar-refractivity contribution is 7.99. The number of benzene rings is 1. The van der Waals surface area contributed by atoms with E-state index in [2.05, 4.69) is 22.1 Å². The molecule has 27 heavy (non-hydrogen) atoms. The van der Waals surface area contributed by atoms with Crippen molar-refractivity contribution in [1.82, 2.24) is 19.1 Å². The highest BCUT2D eigenvalue weighted by Crippen LogP contribution is 2.23. The molecular weight excluding hydrogens is 384 g/mol. The third kappa shape index (κ3) is 4.54. The maximum Gasteiger partial charge on any atom is 0.329 e. The number of nitrogens with one attached hydrogen (secondary N) is 1. The van der Waals surface area contributed by atoms with Crippen LogP contribution in [0.3, 0.4) is 0 Å². The first-order valence-electron chi connectivity index (χ1n) is 8.66. The molecule has 0 atom stereocenters. The van der Waals surface area contributed by atoms with Crippen LogP contribution >= 0.6 is 23.4 Å². The lowest BCUT2D eigenvalue weighted by Gasteiger charge is -2.06. The lowest BCUT2D eigenvalue weighted by atomic mass is 10.1. The predicted octanol–water partition coefficient (Wildman–Crippen LogP) is 3.29. The fourth-order valence-electron chi connectivity index (χ4n) is 2.80. The van der Waals surface area contributed by atoms with Gasteiger partial charge in [0, 0.05) is 24.4 Å². The Labute approximate surface area is 165 Å². The van der Waals surface area contributed by atoms with Crippen LogP contribution in [-0.2, 0) is 20.0 Å². The number of fused-ring (bicyclic) bond motifs is 1. The summed E-state index contributed by atoms with van der Waals surface area (Å²) in [6.07, 6.45) is 3.78. The molecule has 6 nitrogen and oxygen atoms in total. The van der Waals surface area contributed by atoms with Gasteiger partial charge in [-0.2, -0.15) is 0 Å². The minimum atomic E-state index is -0.471. The summed E-state index contributed by atoms with van der Waals surface area (Å²) in [5, 5.41) is 1.34. The van der Waals surface area contributed by atoms with Gasteiger partial charge in [-0.25, -0.2) is 9.78 Å². The Hall–Kier alpha value is -2.25. The molecule has 142 valence electrons. The molecule has 1 N–H and O–H groups in total. The first kappa shape index (κ1) is 19.5. The van der Waals surface area contributed by atoms with Gasteiger partial charge in [0.1, 0.15) is 0 Å². The van der Waals surface area contributed by atoms with Crippen molar-refractivity contribution in [2.24, 2.45) is 7.05 Å². The summed E-state index contributed by atoms with van der Waals surface area (Å²) in [6, 6.07) is 10.3. The standard InChI is InChI=1S/C19H21ClN4O2S/c1-13(20)10-11-24-15-16(23(2)18(26)22-17(15)25)21-19(24)27-12-6-9-14-7-4-3-5-8-14/h3-5,7-8,10H,6,9,11-12H2,1-2H3,(H,22,25,26). The predicted molar refractivity (Wildman–Crippen MR) is 111 cm³/mol. The minimum absolute atomic E-state index is 0.384. The maximum absolute atomic E-state index is 12.4. The van der Waals surface area contributed by atoms with Crippen LogP contribution in [0.2, 0.25) is 0 Å². The highest BCUT2D eigenvalue weighted by Gasteiger charge is 2.17. The molecule has 0 bridgehead atoms. The van der Waals surface area contributed by atoms with Gasteiger partial charge in [-0.1, -0.05) is 59.8 Å². The summed E-state index contributed by atoms with van der Waals surface area (Å²) in [5.41, 5.74) is 1.16. The molecule has 2 heterocycles. The largest absolute Gasteiger partial charge is 0.329 e. The van der Waals surface area contributed by atoms with Gasteiger partial charge in [0.05, 0.1) is 0 Å². The van der Waals surface area contributed by atoms with E-state index < -0.39 is 11.2 Å². The average molecular weight is 405 g/mol. The van der Waals surface area contributed by atoms with Crippen molar-refractivity contribution in [2.45, 2.75) is 31.5 Å². The van der Waals surface area contributed by atoms with Crippen molar-refractivity contribution in [3.05, 3.63) is 67.8 Å². The Bertz CT molecular complexity index is 1080. The minimum Gasteiger partial charge on any atom is -0.309 e. The molecule has 0 saturated carbocycles. The Kier molecular flexibility index (Phi) is 6.23. The van der Waals surface area contributed by atoms with Gasteiger partial charge in [-0.05, 0) is 25.3 Å². The Morgan fingerprint density at radius 3 is 2.74 bits per heavy atom. The molecule has 3 rings (SSSR count). The van der Waals surface area contributed by atoms with Crippen molar-refractivity contribution in [1.29, 1.82) is 0 Å². The van der Waals surface area contributed by atoms with Crippen LogP contribution in [0, 0.1) is 0 Å². The van der Waals surface area contributed by atoms with Crippen molar-refractivity contribution < 1.29 is 0 Å². The lowest BCUT2D eigenvalue weighted by molar-refractivity contribution is 0.741. The van der Waals surface area contributed by atoms with Gasteiger partial charge in [-0.3, -0.25) is 14.3 Å². The van der Waals surface area contributed by atoms with Crippen LogP contribution in [0.5, 0.6) is 0 Å². The van der Waals surface area contributed by atoms with Crippen LogP contribution in [0.4, 0.5) is 0 Å². The van der Waals surface area contributed by atoms with Gasteiger partial charge in [0.2, 0.25) is 0 Å². The van der Waals surface area contributed by atoms with E-state index in [4.69, 9.17) is 11.6 Å². The van der Waals surface area contributed by atoms with Crippen molar-refractivity contribution in [3.8, 4) is 0 Å². The number of aryl methyl sites for hydroxylation is 2. The van der Waals surface area contributed by atoms with Crippen LogP contribution in [0.1, 0.15) is 18.9 Å². The third-order valence-corrected chi connectivity index (χ3v) is 5.43. The number of halogens is 1. The number of nitrogens with zero attached hydrogens (tertiary/aromatic N) is 3. The summed E-state index contributed by atoms with van der Waals surface area (Å²) in [6.45, 7) is 2.21. The number of aromatic nitrogens is 4. The zero-order chi connectivity index (χ0) is 19.4. The molecule has 3 aromatic rings. The van der Waals surface area contributed by atoms with E-state index in [1.165, 1.54) is 10.1 Å². The normalized spacial score (nSPS) is 12.0. The van der Waals surface area contributed by atoms with E-state index in [0.717, 1.165) is 18.6 Å². The number of hydrogen-bond acceptors (Lipinski definition) is 4. The fraction of sp³-hybridized carbons (Fsp3) is 0.316. The molecule has 0 amide bonds. The molecule has 0 saturated heterocycles. The Balaban J connectivity index is 1.86. The zero-order valence-electron chi connectivity index (χ0n) is 15.2. The molecule has 8 heteroatoms. The summed E-state index contributed by atoms with van der Waals surface area (Å²) in [7, 11) is 1.60. The molecule has 0 fully saturated rings. The second kappa shape index (κ2) is 8.63. The Morgan fingerprint density at radius 1 is 1.30 bits per heavy atom. The van der Waals surface area contributed by atoms with E-state index in [0.29, 0.717) is 27.9 Å². The fourth-order valence-corrected chi connectivity index (χ4v) is 3.81. The monoisotopic (exact) mass is 404 g/mol. The number of hydrogen-bond donors (Lipinski definition) is 1. The Morgan fingerprint density at radius 2 is 2.04 bits per heavy atom. The van der Waals surface area contributed by atoms with E-state index in [1.807, 2.05) is 28.8 Å². The van der Waals surface area contributed by atoms with Gasteiger partial charge in [0.15, 0.2) is 16.3 Å². The molecule has 0 aliphatic rings. The van der Waals surface area contributed by atoms with Gasteiger partial charge < -0.3 is 4.57 Å². The zero-order valence-corrected chi connectivity index (χ0v) is 16.8. The van der Waals surface area contributed by atoms with Crippen LogP contribution in [-0.4, -0.2) is 24.9 Å².